The normalized spacial score (nSPS) is 10.1. The molecule has 94 valence electrons. The molecule has 18 heavy (non-hydrogen) atoms. The minimum Gasteiger partial charge on any atom is -0.492 e. The van der Waals surface area contributed by atoms with Crippen LogP contribution in [-0.4, -0.2) is 13.2 Å². The Morgan fingerprint density at radius 1 is 0.944 bits per heavy atom. The standard InChI is InChI=1S/C14H13F2NO/c15-11-5-7-12(8-6-11)18-10-9-17-14-4-2-1-3-13(14)16/h1-8,17H,9-10H2. The molecule has 0 aliphatic carbocycles. The van der Waals surface area contributed by atoms with E-state index in [-0.39, 0.29) is 11.6 Å². The van der Waals surface area contributed by atoms with Gasteiger partial charge in [0.05, 0.1) is 5.69 Å². The fourth-order valence-corrected chi connectivity index (χ4v) is 1.49. The Labute approximate surface area is 104 Å². The van der Waals surface area contributed by atoms with Crippen molar-refractivity contribution in [1.82, 2.24) is 0 Å². The molecule has 0 aliphatic rings. The summed E-state index contributed by atoms with van der Waals surface area (Å²) in [4.78, 5) is 0. The molecule has 0 bridgehead atoms. The quantitative estimate of drug-likeness (QED) is 0.819. The van der Waals surface area contributed by atoms with E-state index in [2.05, 4.69) is 5.32 Å². The molecule has 0 aliphatic heterocycles. The van der Waals surface area contributed by atoms with Gasteiger partial charge in [0.25, 0.3) is 0 Å². The number of benzene rings is 2. The first kappa shape index (κ1) is 12.4. The molecule has 1 N–H and O–H groups in total. The number of hydrogen-bond donors (Lipinski definition) is 1. The van der Waals surface area contributed by atoms with Crippen LogP contribution in [0.5, 0.6) is 5.75 Å². The number of anilines is 1. The number of ether oxygens (including phenoxy) is 1. The van der Waals surface area contributed by atoms with Crippen molar-refractivity contribution in [2.45, 2.75) is 0 Å². The Kier molecular flexibility index (Phi) is 4.12. The van der Waals surface area contributed by atoms with Crippen LogP contribution in [0.2, 0.25) is 0 Å². The zero-order chi connectivity index (χ0) is 12.8. The number of hydrogen-bond acceptors (Lipinski definition) is 2. The molecule has 2 aromatic rings. The number of nitrogens with one attached hydrogen (secondary N) is 1. The maximum absolute atomic E-state index is 13.2. The predicted molar refractivity (Wildman–Crippen MR) is 66.8 cm³/mol. The molecule has 0 aromatic heterocycles. The third kappa shape index (κ3) is 3.45. The lowest BCUT2D eigenvalue weighted by molar-refractivity contribution is 0.332. The van der Waals surface area contributed by atoms with E-state index < -0.39 is 0 Å². The third-order valence-electron chi connectivity index (χ3n) is 2.37. The Morgan fingerprint density at radius 3 is 2.39 bits per heavy atom. The zero-order valence-corrected chi connectivity index (χ0v) is 9.70. The molecule has 4 heteroatoms. The number of para-hydroxylation sites is 1. The van der Waals surface area contributed by atoms with Crippen molar-refractivity contribution in [3.8, 4) is 5.75 Å². The second kappa shape index (κ2) is 6.00. The highest BCUT2D eigenvalue weighted by atomic mass is 19.1. The highest BCUT2D eigenvalue weighted by molar-refractivity contribution is 5.44. The maximum atomic E-state index is 13.2. The summed E-state index contributed by atoms with van der Waals surface area (Å²) in [5.41, 5.74) is 0.445. The molecule has 0 fully saturated rings. The first-order chi connectivity index (χ1) is 8.75. The molecule has 0 spiro atoms. The fourth-order valence-electron chi connectivity index (χ4n) is 1.49. The summed E-state index contributed by atoms with van der Waals surface area (Å²) < 4.78 is 31.2. The molecule has 0 saturated heterocycles. The van der Waals surface area contributed by atoms with Crippen molar-refractivity contribution in [2.24, 2.45) is 0 Å². The highest BCUT2D eigenvalue weighted by Crippen LogP contribution is 2.13. The lowest BCUT2D eigenvalue weighted by Gasteiger charge is -2.09. The summed E-state index contributed by atoms with van der Waals surface area (Å²) in [5, 5.41) is 2.92. The molecule has 2 aromatic carbocycles. The summed E-state index contributed by atoms with van der Waals surface area (Å²) >= 11 is 0. The van der Waals surface area contributed by atoms with Gasteiger partial charge in [-0.05, 0) is 36.4 Å². The van der Waals surface area contributed by atoms with Gasteiger partial charge in [0.1, 0.15) is 24.0 Å². The number of rotatable bonds is 5. The van der Waals surface area contributed by atoms with Gasteiger partial charge in [-0.1, -0.05) is 12.1 Å². The van der Waals surface area contributed by atoms with Crippen LogP contribution in [0.3, 0.4) is 0 Å². The molecule has 0 radical (unpaired) electrons. The van der Waals surface area contributed by atoms with Crippen molar-refractivity contribution >= 4 is 5.69 Å². The Morgan fingerprint density at radius 2 is 1.67 bits per heavy atom. The lowest BCUT2D eigenvalue weighted by Crippen LogP contribution is -2.12. The molecular formula is C14H13F2NO. The van der Waals surface area contributed by atoms with Crippen LogP contribution in [0.1, 0.15) is 0 Å². The summed E-state index contributed by atoms with van der Waals surface area (Å²) in [7, 11) is 0. The first-order valence-corrected chi connectivity index (χ1v) is 5.62. The second-order valence-electron chi connectivity index (χ2n) is 3.71. The SMILES string of the molecule is Fc1ccc(OCCNc2ccccc2F)cc1. The van der Waals surface area contributed by atoms with E-state index in [4.69, 9.17) is 4.74 Å². The smallest absolute Gasteiger partial charge is 0.146 e. The molecule has 2 rings (SSSR count). The van der Waals surface area contributed by atoms with Crippen LogP contribution >= 0.6 is 0 Å². The van der Waals surface area contributed by atoms with Crippen LogP contribution < -0.4 is 10.1 Å². The minimum absolute atomic E-state index is 0.292. The second-order valence-corrected chi connectivity index (χ2v) is 3.71. The van der Waals surface area contributed by atoms with Gasteiger partial charge >= 0.3 is 0 Å². The van der Waals surface area contributed by atoms with Crippen LogP contribution in [0.25, 0.3) is 0 Å². The van der Waals surface area contributed by atoms with Crippen molar-refractivity contribution in [2.75, 3.05) is 18.5 Å². The van der Waals surface area contributed by atoms with Crippen molar-refractivity contribution < 1.29 is 13.5 Å². The molecular weight excluding hydrogens is 236 g/mol. The van der Waals surface area contributed by atoms with E-state index in [1.165, 1.54) is 18.2 Å². The van der Waals surface area contributed by atoms with Gasteiger partial charge < -0.3 is 10.1 Å². The molecule has 0 amide bonds. The topological polar surface area (TPSA) is 21.3 Å². The van der Waals surface area contributed by atoms with Crippen LogP contribution in [0.15, 0.2) is 48.5 Å². The highest BCUT2D eigenvalue weighted by Gasteiger charge is 1.99. The Bertz CT molecular complexity index is 499. The zero-order valence-electron chi connectivity index (χ0n) is 9.70. The van der Waals surface area contributed by atoms with Gasteiger partial charge in [0.15, 0.2) is 0 Å². The van der Waals surface area contributed by atoms with Crippen LogP contribution in [-0.2, 0) is 0 Å². The maximum Gasteiger partial charge on any atom is 0.146 e. The van der Waals surface area contributed by atoms with E-state index in [1.54, 1.807) is 30.3 Å². The minimum atomic E-state index is -0.299. The number of halogens is 2. The van der Waals surface area contributed by atoms with Gasteiger partial charge in [0, 0.05) is 6.54 Å². The van der Waals surface area contributed by atoms with Crippen molar-refractivity contribution in [1.29, 1.82) is 0 Å². The van der Waals surface area contributed by atoms with Gasteiger partial charge in [-0.2, -0.15) is 0 Å². The molecule has 0 heterocycles. The fraction of sp³-hybridized carbons (Fsp3) is 0.143. The summed E-state index contributed by atoms with van der Waals surface area (Å²) in [6.45, 7) is 0.846. The average molecular weight is 249 g/mol. The summed E-state index contributed by atoms with van der Waals surface area (Å²) in [6.07, 6.45) is 0. The molecule has 0 unspecified atom stereocenters. The van der Waals surface area contributed by atoms with E-state index in [0.717, 1.165) is 0 Å². The molecule has 0 atom stereocenters. The van der Waals surface area contributed by atoms with Gasteiger partial charge in [-0.15, -0.1) is 0 Å². The van der Waals surface area contributed by atoms with Gasteiger partial charge in [0.2, 0.25) is 0 Å². The lowest BCUT2D eigenvalue weighted by atomic mass is 10.3. The monoisotopic (exact) mass is 249 g/mol. The van der Waals surface area contributed by atoms with E-state index in [0.29, 0.717) is 24.6 Å². The van der Waals surface area contributed by atoms with Crippen LogP contribution in [0.4, 0.5) is 14.5 Å². The van der Waals surface area contributed by atoms with Gasteiger partial charge in [-0.25, -0.2) is 8.78 Å². The van der Waals surface area contributed by atoms with Crippen molar-refractivity contribution in [3.05, 3.63) is 60.2 Å². The van der Waals surface area contributed by atoms with Crippen LogP contribution in [0, 0.1) is 11.6 Å². The van der Waals surface area contributed by atoms with E-state index in [1.807, 2.05) is 0 Å². The van der Waals surface area contributed by atoms with E-state index >= 15 is 0 Å². The Balaban J connectivity index is 1.76. The van der Waals surface area contributed by atoms with Crippen molar-refractivity contribution in [3.63, 3.8) is 0 Å². The predicted octanol–water partition coefficient (Wildman–Crippen LogP) is 3.46. The summed E-state index contributed by atoms with van der Waals surface area (Å²) in [6, 6.07) is 12.2. The van der Waals surface area contributed by atoms with E-state index in [9.17, 15) is 8.78 Å². The third-order valence-corrected chi connectivity index (χ3v) is 2.37. The summed E-state index contributed by atoms with van der Waals surface area (Å²) in [5.74, 6) is -0.00199. The molecule has 0 saturated carbocycles. The largest absolute Gasteiger partial charge is 0.492 e. The first-order valence-electron chi connectivity index (χ1n) is 5.62. The molecule has 2 nitrogen and oxygen atoms in total. The van der Waals surface area contributed by atoms with Gasteiger partial charge in [-0.3, -0.25) is 0 Å². The average Bonchev–Trinajstić information content (AvgIpc) is 2.39. The Hall–Kier alpha value is -2.10.